The number of aromatic nitrogens is 2. The Balaban J connectivity index is 1.25. The van der Waals surface area contributed by atoms with Gasteiger partial charge in [0.25, 0.3) is 5.56 Å². The van der Waals surface area contributed by atoms with Gasteiger partial charge in [0.2, 0.25) is 5.91 Å². The molecule has 2 aliphatic rings. The number of aromatic amines is 1. The fourth-order valence-corrected chi connectivity index (χ4v) is 4.57. The molecular formula is C23H28Cl2N4O5. The third-order valence-electron chi connectivity index (χ3n) is 6.18. The average molecular weight is 511 g/mol. The second-order valence-electron chi connectivity index (χ2n) is 8.73. The molecule has 1 atom stereocenters. The van der Waals surface area contributed by atoms with Crippen molar-refractivity contribution in [1.82, 2.24) is 19.4 Å². The molecule has 4 rings (SSSR count). The fraction of sp³-hybridized carbons (Fsp3) is 0.522. The number of carbonyl (C=O) groups is 1. The number of rotatable bonds is 6. The highest BCUT2D eigenvalue weighted by Crippen LogP contribution is 2.28. The summed E-state index contributed by atoms with van der Waals surface area (Å²) < 4.78 is 13.2. The summed E-state index contributed by atoms with van der Waals surface area (Å²) in [7, 11) is 0. The molecule has 1 aromatic heterocycles. The van der Waals surface area contributed by atoms with Gasteiger partial charge < -0.3 is 19.3 Å². The highest BCUT2D eigenvalue weighted by atomic mass is 35.5. The van der Waals surface area contributed by atoms with Crippen molar-refractivity contribution in [3.63, 3.8) is 0 Å². The van der Waals surface area contributed by atoms with Crippen LogP contribution in [0.2, 0.25) is 10.0 Å². The van der Waals surface area contributed by atoms with Crippen LogP contribution in [0.15, 0.2) is 34.0 Å². The molecule has 0 saturated carbocycles. The first kappa shape index (κ1) is 24.8. The van der Waals surface area contributed by atoms with Crippen molar-refractivity contribution in [3.05, 3.63) is 60.8 Å². The second kappa shape index (κ2) is 10.9. The Morgan fingerprint density at radius 2 is 1.94 bits per heavy atom. The second-order valence-corrected chi connectivity index (χ2v) is 9.54. The van der Waals surface area contributed by atoms with Gasteiger partial charge in [0.15, 0.2) is 0 Å². The molecule has 1 aromatic carbocycles. The van der Waals surface area contributed by atoms with Gasteiger partial charge in [0, 0.05) is 50.6 Å². The maximum absolute atomic E-state index is 12.8. The largest absolute Gasteiger partial charge is 0.490 e. The fourth-order valence-electron chi connectivity index (χ4n) is 4.28. The van der Waals surface area contributed by atoms with Crippen LogP contribution in [0.5, 0.6) is 5.75 Å². The molecule has 0 spiro atoms. The number of hydrogen-bond donors (Lipinski definition) is 1. The number of H-pyrrole nitrogens is 1. The molecule has 2 fully saturated rings. The number of benzene rings is 1. The highest BCUT2D eigenvalue weighted by molar-refractivity contribution is 6.42. The quantitative estimate of drug-likeness (QED) is 0.637. The van der Waals surface area contributed by atoms with Crippen molar-refractivity contribution in [1.29, 1.82) is 0 Å². The van der Waals surface area contributed by atoms with Crippen LogP contribution in [0.25, 0.3) is 0 Å². The monoisotopic (exact) mass is 510 g/mol. The maximum Gasteiger partial charge on any atom is 0.328 e. The molecular weight excluding hydrogens is 483 g/mol. The van der Waals surface area contributed by atoms with Gasteiger partial charge in [-0.25, -0.2) is 4.79 Å². The zero-order valence-electron chi connectivity index (χ0n) is 19.0. The minimum Gasteiger partial charge on any atom is -0.490 e. The van der Waals surface area contributed by atoms with Crippen molar-refractivity contribution in [2.45, 2.75) is 38.5 Å². The van der Waals surface area contributed by atoms with Gasteiger partial charge in [-0.3, -0.25) is 19.1 Å². The third-order valence-corrected chi connectivity index (χ3v) is 6.92. The molecule has 11 heteroatoms. The van der Waals surface area contributed by atoms with Crippen molar-refractivity contribution in [2.24, 2.45) is 0 Å². The van der Waals surface area contributed by atoms with Crippen LogP contribution in [0.1, 0.15) is 18.4 Å². The molecule has 1 N–H and O–H groups in total. The van der Waals surface area contributed by atoms with E-state index in [4.69, 9.17) is 32.7 Å². The van der Waals surface area contributed by atoms with Crippen LogP contribution >= 0.6 is 23.2 Å². The van der Waals surface area contributed by atoms with Gasteiger partial charge in [-0.15, -0.1) is 0 Å². The molecule has 9 nitrogen and oxygen atoms in total. The lowest BCUT2D eigenvalue weighted by atomic mass is 10.1. The van der Waals surface area contributed by atoms with E-state index in [0.717, 1.165) is 38.2 Å². The summed E-state index contributed by atoms with van der Waals surface area (Å²) >= 11 is 12.0. The van der Waals surface area contributed by atoms with E-state index in [1.54, 1.807) is 24.0 Å². The van der Waals surface area contributed by atoms with E-state index in [9.17, 15) is 14.4 Å². The number of piperidine rings is 1. The number of halogens is 2. The summed E-state index contributed by atoms with van der Waals surface area (Å²) in [5, 5.41) is 0.982. The van der Waals surface area contributed by atoms with Gasteiger partial charge in [0.05, 0.1) is 22.8 Å². The maximum atomic E-state index is 12.8. The molecule has 1 amide bonds. The molecule has 1 unspecified atom stereocenters. The van der Waals surface area contributed by atoms with E-state index in [1.165, 1.54) is 10.8 Å². The SMILES string of the molecule is Cc1cn(CC(=O)N2CCOC(CN3CCC(Oc4ccc(Cl)c(Cl)c4)CC3)C2)c(=O)[nH]c1=O. The number of hydrogen-bond acceptors (Lipinski definition) is 6. The van der Waals surface area contributed by atoms with Crippen LogP contribution in [0.3, 0.4) is 0 Å². The zero-order valence-corrected chi connectivity index (χ0v) is 20.5. The Morgan fingerprint density at radius 3 is 2.68 bits per heavy atom. The van der Waals surface area contributed by atoms with Crippen molar-refractivity contribution in [2.75, 3.05) is 39.3 Å². The number of nitrogens with zero attached hydrogens (tertiary/aromatic N) is 3. The number of morpholine rings is 1. The van der Waals surface area contributed by atoms with Crippen LogP contribution in [0, 0.1) is 6.92 Å². The Kier molecular flexibility index (Phi) is 7.98. The summed E-state index contributed by atoms with van der Waals surface area (Å²) in [6, 6.07) is 5.29. The van der Waals surface area contributed by atoms with Crippen molar-refractivity contribution in [3.8, 4) is 5.75 Å². The zero-order chi connectivity index (χ0) is 24.2. The molecule has 184 valence electrons. The van der Waals surface area contributed by atoms with Crippen LogP contribution in [-0.2, 0) is 16.1 Å². The van der Waals surface area contributed by atoms with Crippen molar-refractivity contribution < 1.29 is 14.3 Å². The molecule has 2 aromatic rings. The van der Waals surface area contributed by atoms with E-state index in [0.29, 0.717) is 35.3 Å². The Bertz CT molecular complexity index is 1140. The summed E-state index contributed by atoms with van der Waals surface area (Å²) in [5.74, 6) is 0.546. The van der Waals surface area contributed by atoms with Crippen LogP contribution in [-0.4, -0.2) is 76.8 Å². The van der Waals surface area contributed by atoms with Crippen LogP contribution in [0.4, 0.5) is 0 Å². The van der Waals surface area contributed by atoms with Gasteiger partial charge in [-0.1, -0.05) is 23.2 Å². The minimum atomic E-state index is -0.584. The minimum absolute atomic E-state index is 0.0979. The number of carbonyl (C=O) groups excluding carboxylic acids is 1. The Labute approximate surface area is 207 Å². The predicted molar refractivity (Wildman–Crippen MR) is 129 cm³/mol. The summed E-state index contributed by atoms with van der Waals surface area (Å²) in [6.45, 7) is 5.34. The predicted octanol–water partition coefficient (Wildman–Crippen LogP) is 1.92. The third kappa shape index (κ3) is 6.21. The lowest BCUT2D eigenvalue weighted by Crippen LogP contribution is -2.52. The lowest BCUT2D eigenvalue weighted by molar-refractivity contribution is -0.140. The number of aryl methyl sites for hydroxylation is 1. The molecule has 2 saturated heterocycles. The molecule has 0 aliphatic carbocycles. The summed E-state index contributed by atoms with van der Waals surface area (Å²) in [5.41, 5.74) is -0.634. The van der Waals surface area contributed by atoms with Gasteiger partial charge >= 0.3 is 5.69 Å². The first-order chi connectivity index (χ1) is 16.3. The molecule has 0 bridgehead atoms. The number of likely N-dealkylation sites (tertiary alicyclic amines) is 1. The van der Waals surface area contributed by atoms with E-state index in [1.807, 2.05) is 6.07 Å². The lowest BCUT2D eigenvalue weighted by Gasteiger charge is -2.38. The highest BCUT2D eigenvalue weighted by Gasteiger charge is 2.28. The number of ether oxygens (including phenoxy) is 2. The first-order valence-electron chi connectivity index (χ1n) is 11.3. The summed E-state index contributed by atoms with van der Waals surface area (Å²) in [4.78, 5) is 42.6. The van der Waals surface area contributed by atoms with Gasteiger partial charge in [0.1, 0.15) is 18.4 Å². The van der Waals surface area contributed by atoms with Crippen LogP contribution < -0.4 is 16.0 Å². The Morgan fingerprint density at radius 1 is 1.18 bits per heavy atom. The normalized spacial score (nSPS) is 19.9. The summed E-state index contributed by atoms with van der Waals surface area (Å²) in [6.07, 6.45) is 3.19. The first-order valence-corrected chi connectivity index (χ1v) is 12.1. The average Bonchev–Trinajstić information content (AvgIpc) is 2.81. The standard InChI is InChI=1S/C23H28Cl2N4O5/c1-15-11-29(23(32)26-22(15)31)14-21(30)28-8-9-33-18(13-28)12-27-6-4-16(5-7-27)34-17-2-3-19(24)20(25)10-17/h2-3,10-11,16,18H,4-9,12-14H2,1H3,(H,26,31,32). The van der Waals surface area contributed by atoms with Gasteiger partial charge in [-0.05, 0) is 31.9 Å². The molecule has 34 heavy (non-hydrogen) atoms. The molecule has 0 radical (unpaired) electrons. The van der Waals surface area contributed by atoms with E-state index in [2.05, 4.69) is 9.88 Å². The number of nitrogens with one attached hydrogen (secondary N) is 1. The van der Waals surface area contributed by atoms with E-state index < -0.39 is 11.2 Å². The van der Waals surface area contributed by atoms with Gasteiger partial charge in [-0.2, -0.15) is 0 Å². The smallest absolute Gasteiger partial charge is 0.328 e. The topological polar surface area (TPSA) is 96.9 Å². The Hall–Kier alpha value is -2.33. The van der Waals surface area contributed by atoms with E-state index in [-0.39, 0.29) is 24.7 Å². The van der Waals surface area contributed by atoms with Crippen molar-refractivity contribution >= 4 is 29.1 Å². The number of amides is 1. The molecule has 3 heterocycles. The molecule has 2 aliphatic heterocycles. The van der Waals surface area contributed by atoms with E-state index >= 15 is 0 Å².